The number of hydrogen-bond acceptors (Lipinski definition) is 8. The summed E-state index contributed by atoms with van der Waals surface area (Å²) in [6, 6.07) is 14.5. The molecule has 10 heteroatoms. The molecule has 0 amide bonds. The predicted molar refractivity (Wildman–Crippen MR) is 113 cm³/mol. The molecule has 1 aliphatic carbocycles. The molecule has 1 saturated carbocycles. The van der Waals surface area contributed by atoms with Crippen LogP contribution in [0.5, 0.6) is 0 Å². The fourth-order valence-electron chi connectivity index (χ4n) is 3.19. The number of hydrogen-bond donors (Lipinski definition) is 3. The monoisotopic (exact) mass is 436 g/mol. The molecule has 2 aromatic carbocycles. The highest BCUT2D eigenvalue weighted by molar-refractivity contribution is 7.99. The molecule has 1 atom stereocenters. The lowest BCUT2D eigenvalue weighted by molar-refractivity contribution is 0.0697. The van der Waals surface area contributed by atoms with Gasteiger partial charge >= 0.3 is 5.97 Å². The summed E-state index contributed by atoms with van der Waals surface area (Å²) in [6.45, 7) is 0.544. The molecule has 0 radical (unpaired) electrons. The lowest BCUT2D eigenvalue weighted by Crippen LogP contribution is -2.30. The number of aromatic nitrogens is 4. The Kier molecular flexibility index (Phi) is 6.27. The molecule has 0 spiro atoms. The second-order valence-corrected chi connectivity index (χ2v) is 8.24. The fourth-order valence-corrected chi connectivity index (χ4v) is 3.96. The molecule has 4 rings (SSSR count). The SMILES string of the molecule is N#Cc1cc(C(=O)O)ccc1-n1nnnc1SCC(O)NCc1cccc(C2CC2)c1. The predicted octanol–water partition coefficient (Wildman–Crippen LogP) is 2.31. The lowest BCUT2D eigenvalue weighted by Gasteiger charge is -2.13. The number of benzene rings is 2. The number of aliphatic hydroxyl groups excluding tert-OH is 1. The minimum atomic E-state index is -1.12. The van der Waals surface area contributed by atoms with Crippen LogP contribution in [0.2, 0.25) is 0 Å². The lowest BCUT2D eigenvalue weighted by atomic mass is 10.1. The van der Waals surface area contributed by atoms with E-state index < -0.39 is 12.2 Å². The zero-order chi connectivity index (χ0) is 21.8. The Bertz CT molecular complexity index is 1140. The zero-order valence-electron chi connectivity index (χ0n) is 16.5. The van der Waals surface area contributed by atoms with Crippen molar-refractivity contribution >= 4 is 17.7 Å². The minimum Gasteiger partial charge on any atom is -0.478 e. The van der Waals surface area contributed by atoms with Crippen LogP contribution in [0, 0.1) is 11.3 Å². The second kappa shape index (κ2) is 9.26. The molecular formula is C21H20N6O3S. The number of aliphatic hydroxyl groups is 1. The maximum Gasteiger partial charge on any atom is 0.335 e. The van der Waals surface area contributed by atoms with Crippen LogP contribution >= 0.6 is 11.8 Å². The third kappa shape index (κ3) is 5.08. The molecule has 1 heterocycles. The molecule has 0 bridgehead atoms. The summed E-state index contributed by atoms with van der Waals surface area (Å²) in [4.78, 5) is 11.1. The van der Waals surface area contributed by atoms with Gasteiger partial charge in [0.05, 0.1) is 16.8 Å². The van der Waals surface area contributed by atoms with Crippen molar-refractivity contribution in [3.63, 3.8) is 0 Å². The third-order valence-corrected chi connectivity index (χ3v) is 5.94. The number of rotatable bonds is 9. The van der Waals surface area contributed by atoms with Gasteiger partial charge in [-0.2, -0.15) is 9.94 Å². The maximum absolute atomic E-state index is 11.1. The van der Waals surface area contributed by atoms with Gasteiger partial charge < -0.3 is 10.2 Å². The van der Waals surface area contributed by atoms with Gasteiger partial charge in [0.15, 0.2) is 0 Å². The van der Waals surface area contributed by atoms with Gasteiger partial charge in [-0.1, -0.05) is 36.0 Å². The standard InChI is InChI=1S/C21H20N6O3S/c22-10-17-9-16(20(29)30)6-7-18(17)27-21(24-25-26-27)31-12-19(28)23-11-13-2-1-3-15(8-13)14-4-5-14/h1-3,6-9,14,19,23,28H,4-5,11-12H2,(H,29,30). The summed E-state index contributed by atoms with van der Waals surface area (Å²) < 4.78 is 1.36. The number of nitrogens with one attached hydrogen (secondary N) is 1. The van der Waals surface area contributed by atoms with Crippen molar-refractivity contribution in [2.24, 2.45) is 0 Å². The van der Waals surface area contributed by atoms with Crippen molar-refractivity contribution in [2.75, 3.05) is 5.75 Å². The van der Waals surface area contributed by atoms with Gasteiger partial charge in [0.25, 0.3) is 0 Å². The second-order valence-electron chi connectivity index (χ2n) is 7.25. The number of thioether (sulfide) groups is 1. The summed E-state index contributed by atoms with van der Waals surface area (Å²) in [5.74, 6) is -0.147. The van der Waals surface area contributed by atoms with Crippen molar-refractivity contribution < 1.29 is 15.0 Å². The van der Waals surface area contributed by atoms with Crippen LogP contribution in [0.3, 0.4) is 0 Å². The normalized spacial score (nSPS) is 14.2. The van der Waals surface area contributed by atoms with Gasteiger partial charge in [-0.15, -0.1) is 5.10 Å². The van der Waals surface area contributed by atoms with Crippen LogP contribution in [-0.2, 0) is 6.54 Å². The van der Waals surface area contributed by atoms with Gasteiger partial charge in [0, 0.05) is 12.3 Å². The van der Waals surface area contributed by atoms with E-state index in [4.69, 9.17) is 5.11 Å². The Morgan fingerprint density at radius 1 is 1.32 bits per heavy atom. The molecular weight excluding hydrogens is 416 g/mol. The van der Waals surface area contributed by atoms with Gasteiger partial charge in [0.2, 0.25) is 5.16 Å². The summed E-state index contributed by atoms with van der Waals surface area (Å²) in [5.41, 5.74) is 3.00. The number of aromatic carboxylic acids is 1. The Balaban J connectivity index is 1.38. The molecule has 0 aliphatic heterocycles. The van der Waals surface area contributed by atoms with Crippen molar-refractivity contribution in [1.29, 1.82) is 5.26 Å². The van der Waals surface area contributed by atoms with Crippen LogP contribution in [0.15, 0.2) is 47.6 Å². The fraction of sp³-hybridized carbons (Fsp3) is 0.286. The van der Waals surface area contributed by atoms with E-state index in [1.54, 1.807) is 0 Å². The average molecular weight is 436 g/mol. The van der Waals surface area contributed by atoms with Crippen LogP contribution in [-0.4, -0.2) is 48.4 Å². The number of nitriles is 1. The molecule has 158 valence electrons. The highest BCUT2D eigenvalue weighted by atomic mass is 32.2. The number of tetrazole rings is 1. The molecule has 3 aromatic rings. The van der Waals surface area contributed by atoms with E-state index in [1.807, 2.05) is 18.2 Å². The molecule has 9 nitrogen and oxygen atoms in total. The maximum atomic E-state index is 11.1. The number of nitrogens with zero attached hydrogens (tertiary/aromatic N) is 5. The third-order valence-electron chi connectivity index (χ3n) is 4.94. The first-order valence-electron chi connectivity index (χ1n) is 9.74. The molecule has 1 unspecified atom stereocenters. The van der Waals surface area contributed by atoms with Crippen molar-refractivity contribution in [3.8, 4) is 11.8 Å². The zero-order valence-corrected chi connectivity index (χ0v) is 17.3. The Hall–Kier alpha value is -3.26. The number of carbonyl (C=O) groups is 1. The molecule has 3 N–H and O–H groups in total. The average Bonchev–Trinajstić information content (AvgIpc) is 3.54. The van der Waals surface area contributed by atoms with Crippen LogP contribution < -0.4 is 5.32 Å². The van der Waals surface area contributed by atoms with E-state index in [2.05, 4.69) is 33.0 Å². The summed E-state index contributed by atoms with van der Waals surface area (Å²) in [6.07, 6.45) is 1.71. The Labute approximate surface area is 182 Å². The topological polar surface area (TPSA) is 137 Å². The van der Waals surface area contributed by atoms with Crippen LogP contribution in [0.25, 0.3) is 5.69 Å². The first kappa shape index (κ1) is 21.0. The van der Waals surface area contributed by atoms with E-state index in [0.717, 1.165) is 5.56 Å². The largest absolute Gasteiger partial charge is 0.478 e. The van der Waals surface area contributed by atoms with Crippen molar-refractivity contribution in [2.45, 2.75) is 36.7 Å². The van der Waals surface area contributed by atoms with E-state index in [1.165, 1.54) is 53.0 Å². The molecule has 0 saturated heterocycles. The van der Waals surface area contributed by atoms with Crippen molar-refractivity contribution in [3.05, 3.63) is 64.7 Å². The highest BCUT2D eigenvalue weighted by Gasteiger charge is 2.23. The first-order chi connectivity index (χ1) is 15.0. The van der Waals surface area contributed by atoms with E-state index in [0.29, 0.717) is 23.3 Å². The highest BCUT2D eigenvalue weighted by Crippen LogP contribution is 2.40. The molecule has 1 aliphatic rings. The van der Waals surface area contributed by atoms with Gasteiger partial charge in [-0.25, -0.2) is 4.79 Å². The minimum absolute atomic E-state index is 0.00737. The molecule has 31 heavy (non-hydrogen) atoms. The quantitative estimate of drug-likeness (QED) is 0.341. The molecule has 1 fully saturated rings. The Morgan fingerprint density at radius 2 is 2.16 bits per heavy atom. The van der Waals surface area contributed by atoms with Crippen LogP contribution in [0.4, 0.5) is 0 Å². The summed E-state index contributed by atoms with van der Waals surface area (Å²) in [7, 11) is 0. The van der Waals surface area contributed by atoms with E-state index >= 15 is 0 Å². The molecule has 1 aromatic heterocycles. The van der Waals surface area contributed by atoms with Crippen molar-refractivity contribution in [1.82, 2.24) is 25.5 Å². The number of carboxylic acid groups (broad SMARTS) is 1. The first-order valence-corrected chi connectivity index (χ1v) is 10.7. The van der Waals surface area contributed by atoms with Gasteiger partial charge in [-0.05, 0) is 58.5 Å². The number of carboxylic acids is 1. The summed E-state index contributed by atoms with van der Waals surface area (Å²) in [5, 5.41) is 43.8. The van der Waals surface area contributed by atoms with E-state index in [-0.39, 0.29) is 16.9 Å². The van der Waals surface area contributed by atoms with Crippen LogP contribution in [0.1, 0.15) is 45.8 Å². The summed E-state index contributed by atoms with van der Waals surface area (Å²) >= 11 is 1.23. The van der Waals surface area contributed by atoms with Gasteiger partial charge in [0.1, 0.15) is 12.3 Å². The van der Waals surface area contributed by atoms with E-state index in [9.17, 15) is 15.2 Å². The van der Waals surface area contributed by atoms with Gasteiger partial charge in [-0.3, -0.25) is 5.32 Å². The smallest absolute Gasteiger partial charge is 0.335 e. The Morgan fingerprint density at radius 3 is 2.90 bits per heavy atom.